The SMILES string of the molecule is C=CC(=O)Nc1cccc(Oc2nc(Nc3ccc(N4CCN(C(=O)C(C)C)CC4)cc3OC)ncc2SC)c1. The van der Waals surface area contributed by atoms with Crippen molar-refractivity contribution in [3.63, 3.8) is 0 Å². The largest absolute Gasteiger partial charge is 0.494 e. The van der Waals surface area contributed by atoms with Gasteiger partial charge in [-0.2, -0.15) is 4.98 Å². The first-order valence-electron chi connectivity index (χ1n) is 12.9. The van der Waals surface area contributed by atoms with Crippen molar-refractivity contribution in [2.24, 2.45) is 5.92 Å². The summed E-state index contributed by atoms with van der Waals surface area (Å²) in [5.74, 6) is 1.77. The van der Waals surface area contributed by atoms with Crippen LogP contribution in [0.2, 0.25) is 0 Å². The van der Waals surface area contributed by atoms with Crippen LogP contribution in [-0.4, -0.2) is 66.2 Å². The molecule has 0 radical (unpaired) electrons. The van der Waals surface area contributed by atoms with Crippen molar-refractivity contribution < 1.29 is 19.1 Å². The fourth-order valence-corrected chi connectivity index (χ4v) is 4.64. The Balaban J connectivity index is 1.49. The molecule has 11 heteroatoms. The molecule has 0 saturated carbocycles. The van der Waals surface area contributed by atoms with E-state index < -0.39 is 0 Å². The molecule has 0 unspecified atom stereocenters. The van der Waals surface area contributed by atoms with Gasteiger partial charge in [-0.25, -0.2) is 4.98 Å². The van der Waals surface area contributed by atoms with Gasteiger partial charge in [-0.05, 0) is 36.6 Å². The Kier molecular flexibility index (Phi) is 9.49. The molecule has 1 saturated heterocycles. The van der Waals surface area contributed by atoms with Crippen molar-refractivity contribution in [2.75, 3.05) is 55.1 Å². The molecule has 4 rings (SSSR count). The Morgan fingerprint density at radius 3 is 2.58 bits per heavy atom. The third kappa shape index (κ3) is 7.03. The monoisotopic (exact) mass is 562 g/mol. The summed E-state index contributed by atoms with van der Waals surface area (Å²) >= 11 is 1.46. The highest BCUT2D eigenvalue weighted by Gasteiger charge is 2.23. The predicted molar refractivity (Wildman–Crippen MR) is 159 cm³/mol. The maximum absolute atomic E-state index is 12.3. The Hall–Kier alpha value is -4.25. The number of thioether (sulfide) groups is 1. The highest BCUT2D eigenvalue weighted by Crippen LogP contribution is 2.35. The number of carbonyl (C=O) groups is 2. The molecule has 40 heavy (non-hydrogen) atoms. The Bertz CT molecular complexity index is 1370. The molecule has 10 nitrogen and oxygen atoms in total. The number of piperazine rings is 1. The predicted octanol–water partition coefficient (Wildman–Crippen LogP) is 5.17. The first kappa shape index (κ1) is 28.8. The van der Waals surface area contributed by atoms with Gasteiger partial charge < -0.3 is 29.9 Å². The molecule has 1 fully saturated rings. The summed E-state index contributed by atoms with van der Waals surface area (Å²) in [6.07, 6.45) is 4.82. The summed E-state index contributed by atoms with van der Waals surface area (Å²) in [7, 11) is 1.62. The quantitative estimate of drug-likeness (QED) is 0.255. The average Bonchev–Trinajstić information content (AvgIpc) is 2.97. The zero-order valence-corrected chi connectivity index (χ0v) is 24.0. The van der Waals surface area contributed by atoms with E-state index >= 15 is 0 Å². The minimum absolute atomic E-state index is 0.00491. The molecule has 210 valence electrons. The summed E-state index contributed by atoms with van der Waals surface area (Å²) in [5, 5.41) is 5.96. The van der Waals surface area contributed by atoms with Crippen LogP contribution in [0.25, 0.3) is 0 Å². The van der Waals surface area contributed by atoms with E-state index in [2.05, 4.69) is 32.1 Å². The van der Waals surface area contributed by atoms with Gasteiger partial charge in [-0.3, -0.25) is 9.59 Å². The summed E-state index contributed by atoms with van der Waals surface area (Å²) in [4.78, 5) is 38.0. The molecular formula is C29H34N6O4S. The van der Waals surface area contributed by atoms with Crippen molar-refractivity contribution in [3.8, 4) is 17.4 Å². The smallest absolute Gasteiger partial charge is 0.247 e. The van der Waals surface area contributed by atoms with E-state index in [4.69, 9.17) is 9.47 Å². The number of hydrogen-bond acceptors (Lipinski definition) is 9. The van der Waals surface area contributed by atoms with E-state index in [1.54, 1.807) is 37.6 Å². The van der Waals surface area contributed by atoms with Crippen LogP contribution in [0.1, 0.15) is 13.8 Å². The maximum Gasteiger partial charge on any atom is 0.247 e. The van der Waals surface area contributed by atoms with Gasteiger partial charge in [0, 0.05) is 61.8 Å². The van der Waals surface area contributed by atoms with Crippen molar-refractivity contribution in [2.45, 2.75) is 18.7 Å². The zero-order chi connectivity index (χ0) is 28.6. The first-order valence-corrected chi connectivity index (χ1v) is 14.1. The van der Waals surface area contributed by atoms with Gasteiger partial charge in [0.2, 0.25) is 23.6 Å². The van der Waals surface area contributed by atoms with Crippen LogP contribution in [0, 0.1) is 5.92 Å². The van der Waals surface area contributed by atoms with Crippen molar-refractivity contribution >= 4 is 46.6 Å². The van der Waals surface area contributed by atoms with E-state index in [0.29, 0.717) is 47.8 Å². The van der Waals surface area contributed by atoms with Crippen molar-refractivity contribution in [3.05, 3.63) is 61.3 Å². The van der Waals surface area contributed by atoms with Gasteiger partial charge >= 0.3 is 0 Å². The molecule has 0 atom stereocenters. The molecule has 1 aliphatic heterocycles. The number of nitrogens with zero attached hydrogens (tertiary/aromatic N) is 4. The first-order chi connectivity index (χ1) is 19.3. The van der Waals surface area contributed by atoms with Crippen LogP contribution in [0.4, 0.5) is 23.0 Å². The molecule has 2 amide bonds. The van der Waals surface area contributed by atoms with Gasteiger partial charge in [-0.1, -0.05) is 26.5 Å². The van der Waals surface area contributed by atoms with E-state index in [1.807, 2.05) is 43.2 Å². The van der Waals surface area contributed by atoms with E-state index in [1.165, 1.54) is 17.8 Å². The Labute approximate surface area is 238 Å². The van der Waals surface area contributed by atoms with Crippen molar-refractivity contribution in [1.29, 1.82) is 0 Å². The molecule has 2 aromatic carbocycles. The van der Waals surface area contributed by atoms with Crippen LogP contribution in [0.15, 0.2) is 66.2 Å². The van der Waals surface area contributed by atoms with E-state index in [9.17, 15) is 9.59 Å². The number of anilines is 4. The van der Waals surface area contributed by atoms with Crippen LogP contribution in [0.3, 0.4) is 0 Å². The van der Waals surface area contributed by atoms with Crippen LogP contribution in [0.5, 0.6) is 17.4 Å². The fourth-order valence-electron chi connectivity index (χ4n) is 4.22. The molecule has 0 spiro atoms. The van der Waals surface area contributed by atoms with Crippen LogP contribution in [-0.2, 0) is 9.59 Å². The number of aromatic nitrogens is 2. The number of benzene rings is 2. The number of ether oxygens (including phenoxy) is 2. The second kappa shape index (κ2) is 13.2. The van der Waals surface area contributed by atoms with Gasteiger partial charge in [-0.15, -0.1) is 11.8 Å². The lowest BCUT2D eigenvalue weighted by atomic mass is 10.1. The number of hydrogen-bond donors (Lipinski definition) is 2. The standard InChI is InChI=1S/C29H34N6O4S/c1-6-26(36)31-20-8-7-9-22(16-20)39-27-25(40-5)18-30-29(33-27)32-23-11-10-21(17-24(23)38-4)34-12-14-35(15-13-34)28(37)19(2)3/h6-11,16-19H,1,12-15H2,2-5H3,(H,31,36)(H,30,32,33). The Morgan fingerprint density at radius 2 is 1.90 bits per heavy atom. The van der Waals surface area contributed by atoms with E-state index in [-0.39, 0.29) is 17.7 Å². The lowest BCUT2D eigenvalue weighted by Gasteiger charge is -2.37. The van der Waals surface area contributed by atoms with Crippen LogP contribution >= 0.6 is 11.8 Å². The molecule has 3 aromatic rings. The second-order valence-corrected chi connectivity index (χ2v) is 10.2. The fraction of sp³-hybridized carbons (Fsp3) is 0.310. The number of methoxy groups -OCH3 is 1. The number of amides is 2. The molecule has 0 bridgehead atoms. The third-order valence-electron chi connectivity index (χ3n) is 6.33. The summed E-state index contributed by atoms with van der Waals surface area (Å²) < 4.78 is 11.8. The molecule has 2 heterocycles. The number of nitrogens with one attached hydrogen (secondary N) is 2. The van der Waals surface area contributed by atoms with Crippen LogP contribution < -0.4 is 25.0 Å². The second-order valence-electron chi connectivity index (χ2n) is 9.37. The van der Waals surface area contributed by atoms with Gasteiger partial charge in [0.25, 0.3) is 0 Å². The highest BCUT2D eigenvalue weighted by molar-refractivity contribution is 7.98. The normalized spacial score (nSPS) is 13.1. The lowest BCUT2D eigenvalue weighted by molar-refractivity contribution is -0.134. The minimum atomic E-state index is -0.307. The number of carbonyl (C=O) groups excluding carboxylic acids is 2. The summed E-state index contributed by atoms with van der Waals surface area (Å²) in [5.41, 5.74) is 2.31. The molecular weight excluding hydrogens is 528 g/mol. The maximum atomic E-state index is 12.3. The molecule has 1 aliphatic rings. The molecule has 0 aliphatic carbocycles. The lowest BCUT2D eigenvalue weighted by Crippen LogP contribution is -2.49. The number of rotatable bonds is 10. The van der Waals surface area contributed by atoms with E-state index in [0.717, 1.165) is 23.7 Å². The average molecular weight is 563 g/mol. The topological polar surface area (TPSA) is 109 Å². The highest BCUT2D eigenvalue weighted by atomic mass is 32.2. The summed E-state index contributed by atoms with van der Waals surface area (Å²) in [6, 6.07) is 12.9. The Morgan fingerprint density at radius 1 is 1.12 bits per heavy atom. The van der Waals surface area contributed by atoms with Crippen molar-refractivity contribution in [1.82, 2.24) is 14.9 Å². The zero-order valence-electron chi connectivity index (χ0n) is 23.1. The van der Waals surface area contributed by atoms with Gasteiger partial charge in [0.15, 0.2) is 0 Å². The van der Waals surface area contributed by atoms with Gasteiger partial charge in [0.05, 0.1) is 17.7 Å². The summed E-state index contributed by atoms with van der Waals surface area (Å²) in [6.45, 7) is 10.2. The third-order valence-corrected chi connectivity index (χ3v) is 7.05. The molecule has 2 N–H and O–H groups in total. The molecule has 1 aromatic heterocycles. The minimum Gasteiger partial charge on any atom is -0.494 e. The van der Waals surface area contributed by atoms with Gasteiger partial charge in [0.1, 0.15) is 11.5 Å².